The molecule has 0 bridgehead atoms. The van der Waals surface area contributed by atoms with Crippen molar-refractivity contribution in [2.24, 2.45) is 47.3 Å². The normalized spacial score (nSPS) is 42.3. The van der Waals surface area contributed by atoms with E-state index in [1.807, 2.05) is 5.57 Å². The second-order valence-electron chi connectivity index (χ2n) is 11.0. The molecule has 4 rings (SSSR count). The van der Waals surface area contributed by atoms with Crippen LogP contribution in [0.3, 0.4) is 0 Å². The number of allylic oxidation sites excluding steroid dienone is 2. The van der Waals surface area contributed by atoms with E-state index in [1.54, 1.807) is 25.7 Å². The predicted octanol–water partition coefficient (Wildman–Crippen LogP) is 7.98. The fourth-order valence-electron chi connectivity index (χ4n) is 7.90. The third-order valence-electron chi connectivity index (χ3n) is 9.28. The second kappa shape index (κ2) is 8.85. The van der Waals surface area contributed by atoms with Crippen molar-refractivity contribution in [2.75, 3.05) is 6.26 Å². The molecule has 1 heteroatoms. The lowest BCUT2D eigenvalue weighted by Gasteiger charge is -2.50. The zero-order chi connectivity index (χ0) is 19.0. The SMILES string of the molecule is CSC1CC[C@H]2C(=CC[C@H]3[C@@H]4CCC(C(C)CCCC(C)C)[C@H]4CC[C@@H]32)C1. The Morgan fingerprint density at radius 2 is 1.67 bits per heavy atom. The van der Waals surface area contributed by atoms with Gasteiger partial charge >= 0.3 is 0 Å². The Morgan fingerprint density at radius 1 is 0.889 bits per heavy atom. The number of fused-ring (bicyclic) bond motifs is 5. The molecule has 0 aliphatic heterocycles. The third kappa shape index (κ3) is 4.19. The largest absolute Gasteiger partial charge is 0.162 e. The van der Waals surface area contributed by atoms with Crippen molar-refractivity contribution in [1.29, 1.82) is 0 Å². The summed E-state index contributed by atoms with van der Waals surface area (Å²) in [6, 6.07) is 0. The lowest BCUT2D eigenvalue weighted by Crippen LogP contribution is -2.42. The van der Waals surface area contributed by atoms with Gasteiger partial charge in [0.05, 0.1) is 0 Å². The van der Waals surface area contributed by atoms with Gasteiger partial charge < -0.3 is 0 Å². The zero-order valence-electron chi connectivity index (χ0n) is 18.5. The van der Waals surface area contributed by atoms with Gasteiger partial charge in [0.25, 0.3) is 0 Å². The van der Waals surface area contributed by atoms with Crippen LogP contribution in [0, 0.1) is 47.3 Å². The summed E-state index contributed by atoms with van der Waals surface area (Å²) in [5.41, 5.74) is 1.89. The molecule has 154 valence electrons. The van der Waals surface area contributed by atoms with Crippen LogP contribution < -0.4 is 0 Å². The monoisotopic (exact) mass is 388 g/mol. The highest BCUT2D eigenvalue weighted by atomic mass is 32.2. The first-order valence-corrected chi connectivity index (χ1v) is 13.6. The summed E-state index contributed by atoms with van der Waals surface area (Å²) in [6.45, 7) is 7.37. The summed E-state index contributed by atoms with van der Waals surface area (Å²) >= 11 is 2.12. The van der Waals surface area contributed by atoms with Crippen LogP contribution in [0.1, 0.15) is 91.4 Å². The summed E-state index contributed by atoms with van der Waals surface area (Å²) in [6.07, 6.45) is 21.5. The van der Waals surface area contributed by atoms with Crippen molar-refractivity contribution < 1.29 is 0 Å². The molecule has 3 saturated carbocycles. The summed E-state index contributed by atoms with van der Waals surface area (Å²) in [4.78, 5) is 0. The van der Waals surface area contributed by atoms with E-state index < -0.39 is 0 Å². The second-order valence-corrected chi connectivity index (χ2v) is 12.2. The smallest absolute Gasteiger partial charge is 0.00817 e. The van der Waals surface area contributed by atoms with Crippen molar-refractivity contribution in [3.63, 3.8) is 0 Å². The van der Waals surface area contributed by atoms with E-state index in [0.29, 0.717) is 0 Å². The minimum Gasteiger partial charge on any atom is -0.162 e. The highest BCUT2D eigenvalue weighted by molar-refractivity contribution is 7.99. The van der Waals surface area contributed by atoms with E-state index in [-0.39, 0.29) is 0 Å². The molecule has 0 aromatic heterocycles. The van der Waals surface area contributed by atoms with Crippen LogP contribution in [-0.4, -0.2) is 11.5 Å². The van der Waals surface area contributed by atoms with Gasteiger partial charge in [-0.05, 0) is 105 Å². The van der Waals surface area contributed by atoms with Crippen LogP contribution in [0.4, 0.5) is 0 Å². The molecule has 0 saturated heterocycles. The Balaban J connectivity index is 1.38. The van der Waals surface area contributed by atoms with Crippen LogP contribution in [-0.2, 0) is 0 Å². The van der Waals surface area contributed by atoms with Crippen molar-refractivity contribution in [3.8, 4) is 0 Å². The van der Waals surface area contributed by atoms with E-state index in [9.17, 15) is 0 Å². The van der Waals surface area contributed by atoms with E-state index >= 15 is 0 Å². The first-order chi connectivity index (χ1) is 13.1. The Hall–Kier alpha value is 0.0900. The van der Waals surface area contributed by atoms with Gasteiger partial charge in [0.1, 0.15) is 0 Å². The number of hydrogen-bond acceptors (Lipinski definition) is 1. The van der Waals surface area contributed by atoms with Crippen LogP contribution in [0.2, 0.25) is 0 Å². The Kier molecular flexibility index (Phi) is 6.67. The molecule has 0 aromatic rings. The fraction of sp³-hybridized carbons (Fsp3) is 0.923. The highest BCUT2D eigenvalue weighted by Crippen LogP contribution is 2.59. The Morgan fingerprint density at radius 3 is 2.44 bits per heavy atom. The maximum Gasteiger partial charge on any atom is 0.00817 e. The molecule has 0 spiro atoms. The van der Waals surface area contributed by atoms with Crippen molar-refractivity contribution in [3.05, 3.63) is 11.6 Å². The van der Waals surface area contributed by atoms with E-state index in [2.05, 4.69) is 44.9 Å². The average Bonchev–Trinajstić information content (AvgIpc) is 3.11. The van der Waals surface area contributed by atoms with Crippen LogP contribution in [0.25, 0.3) is 0 Å². The number of rotatable bonds is 6. The molecule has 0 nitrogen and oxygen atoms in total. The van der Waals surface area contributed by atoms with Crippen molar-refractivity contribution in [2.45, 2.75) is 96.7 Å². The molecule has 27 heavy (non-hydrogen) atoms. The molecule has 4 aliphatic carbocycles. The first-order valence-electron chi connectivity index (χ1n) is 12.3. The molecule has 3 unspecified atom stereocenters. The summed E-state index contributed by atoms with van der Waals surface area (Å²) in [5, 5.41) is 0.919. The van der Waals surface area contributed by atoms with Gasteiger partial charge in [0.2, 0.25) is 0 Å². The zero-order valence-corrected chi connectivity index (χ0v) is 19.3. The lowest BCUT2D eigenvalue weighted by atomic mass is 9.56. The van der Waals surface area contributed by atoms with Crippen molar-refractivity contribution in [1.82, 2.24) is 0 Å². The molecule has 0 aromatic carbocycles. The molecule has 0 heterocycles. The molecule has 4 aliphatic rings. The standard InChI is InChI=1S/C26H44S/c1-17(2)6-5-7-18(3)21-12-13-26-23(21)14-15-24-22-11-9-20(27-4)16-19(22)8-10-25(24)26/h8,17-18,20-26H,5-7,9-16H2,1-4H3/t18?,20?,21?,22-,23+,24+,25+,26+/m0/s1. The molecular formula is C26H44S. The van der Waals surface area contributed by atoms with Gasteiger partial charge in [-0.25, -0.2) is 0 Å². The molecule has 0 radical (unpaired) electrons. The van der Waals surface area contributed by atoms with E-state index in [0.717, 1.165) is 52.6 Å². The van der Waals surface area contributed by atoms with E-state index in [1.165, 1.54) is 44.9 Å². The summed E-state index contributed by atoms with van der Waals surface area (Å²) in [5.74, 6) is 8.17. The Bertz CT molecular complexity index is 520. The quantitative estimate of drug-likeness (QED) is 0.416. The molecule has 0 amide bonds. The summed E-state index contributed by atoms with van der Waals surface area (Å²) in [7, 11) is 0. The molecule has 0 N–H and O–H groups in total. The van der Waals surface area contributed by atoms with Gasteiger partial charge in [-0.1, -0.05) is 51.7 Å². The minimum absolute atomic E-state index is 0.883. The van der Waals surface area contributed by atoms with Gasteiger partial charge in [0.15, 0.2) is 0 Å². The maximum atomic E-state index is 2.75. The molecular weight excluding hydrogens is 344 g/mol. The van der Waals surface area contributed by atoms with Crippen LogP contribution in [0.5, 0.6) is 0 Å². The van der Waals surface area contributed by atoms with Gasteiger partial charge in [-0.2, -0.15) is 11.8 Å². The molecule has 8 atom stereocenters. The highest BCUT2D eigenvalue weighted by Gasteiger charge is 2.50. The third-order valence-corrected chi connectivity index (χ3v) is 10.3. The maximum absolute atomic E-state index is 2.75. The van der Waals surface area contributed by atoms with E-state index in [4.69, 9.17) is 0 Å². The Labute approximate surface area is 173 Å². The van der Waals surface area contributed by atoms with Gasteiger partial charge in [-0.15, -0.1) is 0 Å². The lowest BCUT2D eigenvalue weighted by molar-refractivity contribution is 0.0421. The van der Waals surface area contributed by atoms with Crippen LogP contribution in [0.15, 0.2) is 11.6 Å². The number of thioether (sulfide) groups is 1. The molecule has 3 fully saturated rings. The van der Waals surface area contributed by atoms with Crippen LogP contribution >= 0.6 is 11.8 Å². The van der Waals surface area contributed by atoms with Crippen molar-refractivity contribution >= 4 is 11.8 Å². The first kappa shape index (κ1) is 20.4. The number of hydrogen-bond donors (Lipinski definition) is 0. The van der Waals surface area contributed by atoms with Gasteiger partial charge in [0, 0.05) is 5.25 Å². The topological polar surface area (TPSA) is 0 Å². The van der Waals surface area contributed by atoms with Gasteiger partial charge in [-0.3, -0.25) is 0 Å². The summed E-state index contributed by atoms with van der Waals surface area (Å²) < 4.78 is 0. The fourth-order valence-corrected chi connectivity index (χ4v) is 8.64. The minimum atomic E-state index is 0.883. The average molecular weight is 389 g/mol. The predicted molar refractivity (Wildman–Crippen MR) is 121 cm³/mol.